The fraction of sp³-hybridized carbons (Fsp3) is 0.231. The van der Waals surface area contributed by atoms with Gasteiger partial charge in [0.05, 0.1) is 17.9 Å². The van der Waals surface area contributed by atoms with Crippen molar-refractivity contribution < 1.29 is 0 Å². The number of nitrogens with zero attached hydrogens (tertiary/aromatic N) is 3. The third-order valence-corrected chi connectivity index (χ3v) is 3.86. The number of hydrogen-bond donors (Lipinski definition) is 0. The summed E-state index contributed by atoms with van der Waals surface area (Å²) in [4.78, 5) is 19.4. The van der Waals surface area contributed by atoms with Crippen molar-refractivity contribution in [1.82, 2.24) is 9.47 Å². The normalized spacial score (nSPS) is 16.4. The topological polar surface area (TPSA) is 37.6 Å². The highest BCUT2D eigenvalue weighted by Crippen LogP contribution is 1.98. The Kier molecular flexibility index (Phi) is 2.85. The summed E-state index contributed by atoms with van der Waals surface area (Å²) in [5.74, 6) is 0. The maximum atomic E-state index is 12.2. The van der Waals surface area contributed by atoms with Gasteiger partial charge in [-0.05, 0) is 18.7 Å². The number of fused-ring (bicyclic) bond motifs is 1. The van der Waals surface area contributed by atoms with E-state index in [9.17, 15) is 4.79 Å². The molecule has 1 aromatic carbocycles. The Labute approximate surface area is 108 Å². The predicted octanol–water partition coefficient (Wildman–Crippen LogP) is 0.219. The van der Waals surface area contributed by atoms with Crippen LogP contribution in [-0.4, -0.2) is 23.2 Å². The molecule has 3 rings (SSSR count). The van der Waals surface area contributed by atoms with Crippen molar-refractivity contribution in [2.45, 2.75) is 6.67 Å². The molecule has 1 aliphatic rings. The first-order valence-electron chi connectivity index (χ1n) is 5.73. The molecule has 0 spiro atoms. The first-order valence-corrected chi connectivity index (χ1v) is 6.55. The molecule has 0 saturated heterocycles. The molecule has 0 N–H and O–H groups in total. The molecule has 2 aromatic rings. The molecule has 18 heavy (non-hydrogen) atoms. The lowest BCUT2D eigenvalue weighted by Gasteiger charge is -2.17. The molecule has 4 nitrogen and oxygen atoms in total. The Morgan fingerprint density at radius 1 is 1.33 bits per heavy atom. The second-order valence-electron chi connectivity index (χ2n) is 4.33. The van der Waals surface area contributed by atoms with Crippen LogP contribution in [0.3, 0.4) is 0 Å². The van der Waals surface area contributed by atoms with Gasteiger partial charge >= 0.3 is 0 Å². The van der Waals surface area contributed by atoms with Crippen molar-refractivity contribution in [3.8, 4) is 0 Å². The van der Waals surface area contributed by atoms with Crippen LogP contribution in [0.25, 0.3) is 6.08 Å². The first-order chi connectivity index (χ1) is 8.74. The number of rotatable bonds is 1. The van der Waals surface area contributed by atoms with Crippen LogP contribution in [0.2, 0.25) is 0 Å². The van der Waals surface area contributed by atoms with Gasteiger partial charge < -0.3 is 0 Å². The quantitative estimate of drug-likeness (QED) is 0.734. The van der Waals surface area contributed by atoms with Gasteiger partial charge in [0, 0.05) is 0 Å². The largest absolute Gasteiger partial charge is 0.271 e. The Hall–Kier alpha value is -1.72. The highest BCUT2D eigenvalue weighted by Gasteiger charge is 2.11. The SMILES string of the molecule is CN1CN=c2s/c(=C\c3ccccc3)c(=O)n2C1. The average molecular weight is 259 g/mol. The minimum Gasteiger partial charge on any atom is -0.270 e. The van der Waals surface area contributed by atoms with Crippen molar-refractivity contribution in [3.05, 3.63) is 55.6 Å². The zero-order valence-corrected chi connectivity index (χ0v) is 10.9. The monoisotopic (exact) mass is 259 g/mol. The van der Waals surface area contributed by atoms with E-state index in [1.54, 1.807) is 4.57 Å². The third-order valence-electron chi connectivity index (χ3n) is 2.82. The summed E-state index contributed by atoms with van der Waals surface area (Å²) in [6.45, 7) is 1.28. The van der Waals surface area contributed by atoms with Crippen LogP contribution >= 0.6 is 11.3 Å². The standard InChI is InChI=1S/C13H13N3OS/c1-15-8-14-13-16(9-15)12(17)11(18-13)7-10-5-3-2-4-6-10/h2-7H,8-9H2,1H3/b11-7-. The zero-order valence-electron chi connectivity index (χ0n) is 10.0. The molecule has 0 saturated carbocycles. The number of hydrogen-bond acceptors (Lipinski definition) is 4. The molecule has 5 heteroatoms. The Balaban J connectivity index is 2.17. The van der Waals surface area contributed by atoms with Gasteiger partial charge in [-0.3, -0.25) is 14.3 Å². The highest BCUT2D eigenvalue weighted by molar-refractivity contribution is 7.07. The van der Waals surface area contributed by atoms with Gasteiger partial charge in [0.25, 0.3) is 5.56 Å². The average Bonchev–Trinajstić information content (AvgIpc) is 2.68. The van der Waals surface area contributed by atoms with E-state index in [1.807, 2.05) is 48.4 Å². The fourth-order valence-electron chi connectivity index (χ4n) is 1.92. The second kappa shape index (κ2) is 4.51. The molecular formula is C13H13N3OS. The van der Waals surface area contributed by atoms with Crippen molar-refractivity contribution in [2.75, 3.05) is 13.7 Å². The van der Waals surface area contributed by atoms with Crippen LogP contribution in [0.1, 0.15) is 5.56 Å². The third kappa shape index (κ3) is 2.02. The Morgan fingerprint density at radius 3 is 2.89 bits per heavy atom. The number of aromatic nitrogens is 1. The molecule has 0 aliphatic carbocycles. The summed E-state index contributed by atoms with van der Waals surface area (Å²) in [6, 6.07) is 9.89. The molecule has 0 radical (unpaired) electrons. The fourth-order valence-corrected chi connectivity index (χ4v) is 2.88. The minimum absolute atomic E-state index is 0.0501. The van der Waals surface area contributed by atoms with E-state index in [0.717, 1.165) is 14.9 Å². The van der Waals surface area contributed by atoms with Crippen molar-refractivity contribution in [2.24, 2.45) is 4.99 Å². The van der Waals surface area contributed by atoms with Crippen LogP contribution in [-0.2, 0) is 6.67 Å². The van der Waals surface area contributed by atoms with Gasteiger partial charge in [-0.2, -0.15) is 0 Å². The molecule has 0 bridgehead atoms. The van der Waals surface area contributed by atoms with Crippen LogP contribution in [0.5, 0.6) is 0 Å². The molecular weight excluding hydrogens is 246 g/mol. The predicted molar refractivity (Wildman–Crippen MR) is 72.0 cm³/mol. The van der Waals surface area contributed by atoms with Gasteiger partial charge in [0.15, 0.2) is 4.80 Å². The van der Waals surface area contributed by atoms with E-state index in [1.165, 1.54) is 11.3 Å². The lowest BCUT2D eigenvalue weighted by Crippen LogP contribution is -2.40. The van der Waals surface area contributed by atoms with Gasteiger partial charge in [-0.25, -0.2) is 4.99 Å². The van der Waals surface area contributed by atoms with E-state index >= 15 is 0 Å². The van der Waals surface area contributed by atoms with E-state index in [0.29, 0.717) is 13.3 Å². The number of thiazole rings is 1. The van der Waals surface area contributed by atoms with E-state index in [4.69, 9.17) is 0 Å². The van der Waals surface area contributed by atoms with Gasteiger partial charge in [0.2, 0.25) is 0 Å². The molecule has 0 atom stereocenters. The highest BCUT2D eigenvalue weighted by atomic mass is 32.1. The maximum absolute atomic E-state index is 12.2. The van der Waals surface area contributed by atoms with E-state index in [2.05, 4.69) is 4.99 Å². The van der Waals surface area contributed by atoms with Gasteiger partial charge in [-0.15, -0.1) is 0 Å². The molecule has 0 unspecified atom stereocenters. The maximum Gasteiger partial charge on any atom is 0.271 e. The lowest BCUT2D eigenvalue weighted by molar-refractivity contribution is 0.246. The van der Waals surface area contributed by atoms with Crippen LogP contribution in [0, 0.1) is 0 Å². The molecule has 92 valence electrons. The van der Waals surface area contributed by atoms with Gasteiger partial charge in [-0.1, -0.05) is 41.7 Å². The summed E-state index contributed by atoms with van der Waals surface area (Å²) in [7, 11) is 1.96. The summed E-state index contributed by atoms with van der Waals surface area (Å²) in [5.41, 5.74) is 1.09. The minimum atomic E-state index is 0.0501. The van der Waals surface area contributed by atoms with Crippen molar-refractivity contribution in [1.29, 1.82) is 0 Å². The molecule has 0 fully saturated rings. The van der Waals surface area contributed by atoms with Crippen LogP contribution in [0.4, 0.5) is 0 Å². The van der Waals surface area contributed by atoms with E-state index < -0.39 is 0 Å². The second-order valence-corrected chi connectivity index (χ2v) is 5.34. The molecule has 1 aliphatic heterocycles. The first kappa shape index (κ1) is 11.4. The summed E-state index contributed by atoms with van der Waals surface area (Å²) < 4.78 is 2.47. The van der Waals surface area contributed by atoms with Crippen molar-refractivity contribution >= 4 is 17.4 Å². The lowest BCUT2D eigenvalue weighted by atomic mass is 10.2. The summed E-state index contributed by atoms with van der Waals surface area (Å²) >= 11 is 1.46. The smallest absolute Gasteiger partial charge is 0.270 e. The zero-order chi connectivity index (χ0) is 12.5. The van der Waals surface area contributed by atoms with E-state index in [-0.39, 0.29) is 5.56 Å². The van der Waals surface area contributed by atoms with Crippen LogP contribution in [0.15, 0.2) is 40.1 Å². The summed E-state index contributed by atoms with van der Waals surface area (Å²) in [5, 5.41) is 0. The molecule has 0 amide bonds. The Bertz CT molecular complexity index is 730. The van der Waals surface area contributed by atoms with Crippen LogP contribution < -0.4 is 14.9 Å². The summed E-state index contributed by atoms with van der Waals surface area (Å²) in [6.07, 6.45) is 1.92. The molecule has 1 aromatic heterocycles. The van der Waals surface area contributed by atoms with Gasteiger partial charge in [0.1, 0.15) is 0 Å². The Morgan fingerprint density at radius 2 is 2.11 bits per heavy atom. The molecule has 2 heterocycles. The van der Waals surface area contributed by atoms with Crippen molar-refractivity contribution in [3.63, 3.8) is 0 Å². The number of benzene rings is 1.